The van der Waals surface area contributed by atoms with Crippen molar-refractivity contribution in [2.75, 3.05) is 4.72 Å². The number of carboxylic acid groups (broad SMARTS) is 1. The molecule has 0 saturated heterocycles. The monoisotopic (exact) mass is 324 g/mol. The molecule has 0 unspecified atom stereocenters. The molecule has 9 heteroatoms. The summed E-state index contributed by atoms with van der Waals surface area (Å²) in [5.74, 6) is -1.77. The van der Waals surface area contributed by atoms with Gasteiger partial charge in [-0.2, -0.15) is 8.42 Å². The molecule has 7 nitrogen and oxygen atoms in total. The van der Waals surface area contributed by atoms with Crippen molar-refractivity contribution in [3.63, 3.8) is 0 Å². The second kappa shape index (κ2) is 4.86. The van der Waals surface area contributed by atoms with Gasteiger partial charge in [0.05, 0.1) is 21.4 Å². The van der Waals surface area contributed by atoms with Crippen LogP contribution in [0.1, 0.15) is 10.6 Å². The quantitative estimate of drug-likeness (QED) is 0.762. The Bertz CT molecular complexity index is 926. The molecule has 0 atom stereocenters. The fourth-order valence-corrected chi connectivity index (χ4v) is 3.40. The summed E-state index contributed by atoms with van der Waals surface area (Å²) in [5, 5.41) is 8.28. The normalized spacial score (nSPS) is 11.6. The molecule has 2 N–H and O–H groups in total. The van der Waals surface area contributed by atoms with Crippen molar-refractivity contribution in [2.45, 2.75) is 5.09 Å². The van der Waals surface area contributed by atoms with Gasteiger partial charge in [-0.05, 0) is 30.3 Å². The summed E-state index contributed by atoms with van der Waals surface area (Å²) in [4.78, 5) is 14.8. The number of fused-ring (bicyclic) bond motifs is 1. The number of hydrogen-bond donors (Lipinski definition) is 2. The van der Waals surface area contributed by atoms with Gasteiger partial charge >= 0.3 is 5.97 Å². The number of aromatic carboxylic acids is 1. The van der Waals surface area contributed by atoms with E-state index in [0.717, 1.165) is 22.3 Å². The van der Waals surface area contributed by atoms with Gasteiger partial charge < -0.3 is 9.52 Å². The van der Waals surface area contributed by atoms with Crippen molar-refractivity contribution in [1.29, 1.82) is 0 Å². The van der Waals surface area contributed by atoms with Crippen LogP contribution in [0, 0.1) is 0 Å². The van der Waals surface area contributed by atoms with Crippen LogP contribution in [0.25, 0.3) is 10.2 Å². The third-order valence-electron chi connectivity index (χ3n) is 2.64. The largest absolute Gasteiger partial charge is 0.475 e. The molecule has 0 amide bonds. The summed E-state index contributed by atoms with van der Waals surface area (Å²) in [6, 6.07) is 7.08. The minimum absolute atomic E-state index is 0.347. The van der Waals surface area contributed by atoms with Gasteiger partial charge in [-0.25, -0.2) is 9.78 Å². The molecule has 1 aromatic carbocycles. The van der Waals surface area contributed by atoms with E-state index in [9.17, 15) is 13.2 Å². The van der Waals surface area contributed by atoms with Crippen molar-refractivity contribution in [1.82, 2.24) is 4.98 Å². The SMILES string of the molecule is O=C(O)c1ccc(S(=O)(=O)Nc2ccc3ncsc3c2)o1. The molecule has 2 aromatic heterocycles. The molecule has 0 spiro atoms. The molecule has 0 aliphatic carbocycles. The minimum atomic E-state index is -3.97. The highest BCUT2D eigenvalue weighted by Gasteiger charge is 2.21. The van der Waals surface area contributed by atoms with Crippen LogP contribution in [0.3, 0.4) is 0 Å². The molecule has 0 aliphatic heterocycles. The molecule has 3 rings (SSSR count). The number of nitrogens with one attached hydrogen (secondary N) is 1. The van der Waals surface area contributed by atoms with E-state index >= 15 is 0 Å². The van der Waals surface area contributed by atoms with Crippen LogP contribution in [0.2, 0.25) is 0 Å². The number of furan rings is 1. The Morgan fingerprint density at radius 1 is 1.29 bits per heavy atom. The molecule has 0 saturated carbocycles. The zero-order chi connectivity index (χ0) is 15.0. The maximum Gasteiger partial charge on any atom is 0.371 e. The average Bonchev–Trinajstić information content (AvgIpc) is 3.07. The number of benzene rings is 1. The lowest BCUT2D eigenvalue weighted by Crippen LogP contribution is -2.12. The molecule has 0 bridgehead atoms. The van der Waals surface area contributed by atoms with Gasteiger partial charge in [0.2, 0.25) is 10.9 Å². The van der Waals surface area contributed by atoms with Crippen molar-refractivity contribution >= 4 is 43.2 Å². The first-order chi connectivity index (χ1) is 9.95. The number of nitrogens with zero attached hydrogens (tertiary/aromatic N) is 1. The van der Waals surface area contributed by atoms with E-state index in [-0.39, 0.29) is 0 Å². The molecule has 2 heterocycles. The second-order valence-corrected chi connectivity index (χ2v) is 6.56. The third kappa shape index (κ3) is 2.60. The van der Waals surface area contributed by atoms with Crippen LogP contribution in [-0.4, -0.2) is 24.5 Å². The van der Waals surface area contributed by atoms with Crippen molar-refractivity contribution < 1.29 is 22.7 Å². The molecule has 0 fully saturated rings. The molecule has 3 aromatic rings. The van der Waals surface area contributed by atoms with Gasteiger partial charge in [-0.3, -0.25) is 4.72 Å². The first-order valence-corrected chi connectivity index (χ1v) is 8.01. The predicted octanol–water partition coefficient (Wildman–Crippen LogP) is 2.39. The fraction of sp³-hybridized carbons (Fsp3) is 0. The number of carbonyl (C=O) groups is 1. The van der Waals surface area contributed by atoms with E-state index in [1.54, 1.807) is 23.7 Å². The van der Waals surface area contributed by atoms with Crippen molar-refractivity contribution in [3.8, 4) is 0 Å². The van der Waals surface area contributed by atoms with E-state index in [2.05, 4.69) is 9.71 Å². The summed E-state index contributed by atoms with van der Waals surface area (Å²) in [6.07, 6.45) is 0. The van der Waals surface area contributed by atoms with E-state index in [1.807, 2.05) is 0 Å². The molecular formula is C12H8N2O5S2. The van der Waals surface area contributed by atoms with Crippen LogP contribution in [0.4, 0.5) is 5.69 Å². The second-order valence-electron chi connectivity index (χ2n) is 4.06. The van der Waals surface area contributed by atoms with Gasteiger partial charge in [-0.15, -0.1) is 11.3 Å². The van der Waals surface area contributed by atoms with E-state index in [1.165, 1.54) is 11.3 Å². The standard InChI is InChI=1S/C12H8N2O5S2/c15-12(16)9-3-4-11(19-9)21(17,18)14-7-1-2-8-10(5-7)20-6-13-8/h1-6,14H,(H,15,16). The fourth-order valence-electron chi connectivity index (χ4n) is 1.70. The number of carboxylic acids is 1. The number of sulfonamides is 1. The first-order valence-electron chi connectivity index (χ1n) is 5.65. The van der Waals surface area contributed by atoms with Gasteiger partial charge in [0.25, 0.3) is 10.0 Å². The third-order valence-corrected chi connectivity index (χ3v) is 4.69. The van der Waals surface area contributed by atoms with Gasteiger partial charge in [-0.1, -0.05) is 0 Å². The topological polar surface area (TPSA) is 110 Å². The lowest BCUT2D eigenvalue weighted by molar-refractivity contribution is 0.0656. The van der Waals surface area contributed by atoms with Gasteiger partial charge in [0.1, 0.15) is 0 Å². The maximum atomic E-state index is 12.1. The minimum Gasteiger partial charge on any atom is -0.475 e. The number of anilines is 1. The highest BCUT2D eigenvalue weighted by molar-refractivity contribution is 7.92. The number of rotatable bonds is 4. The Kier molecular flexibility index (Phi) is 3.15. The van der Waals surface area contributed by atoms with Crippen LogP contribution in [-0.2, 0) is 10.0 Å². The van der Waals surface area contributed by atoms with Crippen molar-refractivity contribution in [3.05, 3.63) is 41.6 Å². The Hall–Kier alpha value is -2.39. The average molecular weight is 324 g/mol. The lowest BCUT2D eigenvalue weighted by atomic mass is 10.3. The summed E-state index contributed by atoms with van der Waals surface area (Å²) in [7, 11) is -3.97. The number of hydrogen-bond acceptors (Lipinski definition) is 6. The zero-order valence-corrected chi connectivity index (χ0v) is 11.9. The Morgan fingerprint density at radius 3 is 2.81 bits per heavy atom. The molecule has 21 heavy (non-hydrogen) atoms. The molecule has 0 aliphatic rings. The zero-order valence-electron chi connectivity index (χ0n) is 10.3. The van der Waals surface area contributed by atoms with Crippen LogP contribution < -0.4 is 4.72 Å². The first kappa shape index (κ1) is 13.6. The van der Waals surface area contributed by atoms with Gasteiger partial charge in [0.15, 0.2) is 0 Å². The summed E-state index contributed by atoms with van der Waals surface area (Å²) >= 11 is 1.38. The summed E-state index contributed by atoms with van der Waals surface area (Å²) in [6.45, 7) is 0. The maximum absolute atomic E-state index is 12.1. The lowest BCUT2D eigenvalue weighted by Gasteiger charge is -2.05. The van der Waals surface area contributed by atoms with Crippen molar-refractivity contribution in [2.24, 2.45) is 0 Å². The van der Waals surface area contributed by atoms with Crippen LogP contribution in [0.15, 0.2) is 45.4 Å². The smallest absolute Gasteiger partial charge is 0.371 e. The van der Waals surface area contributed by atoms with E-state index < -0.39 is 26.8 Å². The predicted molar refractivity (Wildman–Crippen MR) is 76.1 cm³/mol. The van der Waals surface area contributed by atoms with Gasteiger partial charge in [0, 0.05) is 0 Å². The Labute approximate surface area is 122 Å². The van der Waals surface area contributed by atoms with E-state index in [4.69, 9.17) is 9.52 Å². The molecule has 108 valence electrons. The molecular weight excluding hydrogens is 316 g/mol. The summed E-state index contributed by atoms with van der Waals surface area (Å²) in [5.41, 5.74) is 2.78. The number of aromatic nitrogens is 1. The Morgan fingerprint density at radius 2 is 2.10 bits per heavy atom. The Balaban J connectivity index is 1.92. The highest BCUT2D eigenvalue weighted by Crippen LogP contribution is 2.24. The highest BCUT2D eigenvalue weighted by atomic mass is 32.2. The van der Waals surface area contributed by atoms with Crippen LogP contribution in [0.5, 0.6) is 0 Å². The molecule has 0 radical (unpaired) electrons. The number of thiazole rings is 1. The van der Waals surface area contributed by atoms with E-state index in [0.29, 0.717) is 5.69 Å². The summed E-state index contributed by atoms with van der Waals surface area (Å²) < 4.78 is 32.2. The van der Waals surface area contributed by atoms with Crippen LogP contribution >= 0.6 is 11.3 Å².